The highest BCUT2D eigenvalue weighted by molar-refractivity contribution is 5.76. The Kier molecular flexibility index (Phi) is 43.7. The third-order valence-electron chi connectivity index (χ3n) is 11.0. The van der Waals surface area contributed by atoms with Gasteiger partial charge in [-0.1, -0.05) is 199 Å². The molecule has 0 spiro atoms. The van der Waals surface area contributed by atoms with Gasteiger partial charge in [-0.05, 0) is 64.2 Å². The molecule has 2 atom stereocenters. The zero-order valence-electron chi connectivity index (χ0n) is 36.7. The normalized spacial score (nSPS) is 12.9. The van der Waals surface area contributed by atoms with Crippen LogP contribution in [0.5, 0.6) is 0 Å². The van der Waals surface area contributed by atoms with Crippen molar-refractivity contribution in [3.05, 3.63) is 24.3 Å². The largest absolute Gasteiger partial charge is 0.466 e. The molecule has 0 saturated carbocycles. The van der Waals surface area contributed by atoms with E-state index >= 15 is 0 Å². The van der Waals surface area contributed by atoms with Gasteiger partial charge in [-0.25, -0.2) is 0 Å². The number of hydrogen-bond donors (Lipinski definition) is 3. The number of aliphatic hydroxyl groups is 2. The average Bonchev–Trinajstić information content (AvgIpc) is 3.18. The summed E-state index contributed by atoms with van der Waals surface area (Å²) in [7, 11) is 0. The molecule has 0 aliphatic rings. The van der Waals surface area contributed by atoms with E-state index in [-0.39, 0.29) is 18.5 Å². The lowest BCUT2D eigenvalue weighted by atomic mass is 10.0. The molecule has 0 fully saturated rings. The molecule has 0 aliphatic heterocycles. The van der Waals surface area contributed by atoms with Crippen LogP contribution in [0.25, 0.3) is 0 Å². The summed E-state index contributed by atoms with van der Waals surface area (Å²) in [5, 5.41) is 22.8. The molecule has 0 aromatic rings. The van der Waals surface area contributed by atoms with E-state index < -0.39 is 12.1 Å². The highest BCUT2D eigenvalue weighted by Gasteiger charge is 2.18. The van der Waals surface area contributed by atoms with E-state index in [1.165, 1.54) is 141 Å². The van der Waals surface area contributed by atoms with Gasteiger partial charge in [0.15, 0.2) is 0 Å². The number of unbranched alkanes of at least 4 members (excludes halogenated alkanes) is 31. The Labute approximate surface area is 341 Å². The Balaban J connectivity index is 3.48. The lowest BCUT2D eigenvalue weighted by molar-refractivity contribution is -0.143. The SMILES string of the molecule is CCCCCCCCC/C=C/C(O)C(CO)NC(=O)CCCCCCC/C=C\CCCCCOC(=O)CCCCCCCCCCCCCCCCCCC. The Hall–Kier alpha value is -1.66. The molecule has 55 heavy (non-hydrogen) atoms. The second kappa shape index (κ2) is 45.0. The van der Waals surface area contributed by atoms with Crippen LogP contribution in [0.1, 0.15) is 251 Å². The number of nitrogens with one attached hydrogen (secondary N) is 1. The Morgan fingerprint density at radius 3 is 1.29 bits per heavy atom. The summed E-state index contributed by atoms with van der Waals surface area (Å²) in [6.45, 7) is 4.81. The number of allylic oxidation sites excluding steroid dienone is 3. The molecular weight excluding hydrogens is 683 g/mol. The van der Waals surface area contributed by atoms with Crippen molar-refractivity contribution in [2.75, 3.05) is 13.2 Å². The van der Waals surface area contributed by atoms with Crippen molar-refractivity contribution in [3.63, 3.8) is 0 Å². The minimum atomic E-state index is -0.857. The first-order valence-electron chi connectivity index (χ1n) is 24.1. The van der Waals surface area contributed by atoms with Gasteiger partial charge in [-0.3, -0.25) is 9.59 Å². The van der Waals surface area contributed by atoms with Crippen molar-refractivity contribution in [1.29, 1.82) is 0 Å². The van der Waals surface area contributed by atoms with E-state index in [0.29, 0.717) is 19.4 Å². The maximum atomic E-state index is 12.3. The second-order valence-electron chi connectivity index (χ2n) is 16.4. The fourth-order valence-corrected chi connectivity index (χ4v) is 7.21. The van der Waals surface area contributed by atoms with Crippen LogP contribution in [-0.4, -0.2) is 47.4 Å². The number of hydrogen-bond acceptors (Lipinski definition) is 5. The predicted octanol–water partition coefficient (Wildman–Crippen LogP) is 14.0. The van der Waals surface area contributed by atoms with Crippen LogP contribution >= 0.6 is 0 Å². The fraction of sp³-hybridized carbons (Fsp3) is 0.878. The van der Waals surface area contributed by atoms with Crippen LogP contribution in [0, 0.1) is 0 Å². The van der Waals surface area contributed by atoms with Crippen molar-refractivity contribution >= 4 is 11.9 Å². The van der Waals surface area contributed by atoms with E-state index in [4.69, 9.17) is 4.74 Å². The number of amides is 1. The van der Waals surface area contributed by atoms with Crippen LogP contribution in [0.3, 0.4) is 0 Å². The summed E-state index contributed by atoms with van der Waals surface area (Å²) in [6.07, 6.45) is 51.8. The van der Waals surface area contributed by atoms with Gasteiger partial charge < -0.3 is 20.3 Å². The molecule has 2 unspecified atom stereocenters. The molecular formula is C49H93NO5. The van der Waals surface area contributed by atoms with Gasteiger partial charge in [0.05, 0.1) is 25.4 Å². The van der Waals surface area contributed by atoms with Crippen molar-refractivity contribution < 1.29 is 24.5 Å². The van der Waals surface area contributed by atoms with Gasteiger partial charge >= 0.3 is 5.97 Å². The molecule has 0 aromatic heterocycles. The lowest BCUT2D eigenvalue weighted by Gasteiger charge is -2.20. The summed E-state index contributed by atoms with van der Waals surface area (Å²) in [5.41, 5.74) is 0. The minimum absolute atomic E-state index is 0.0215. The molecule has 1 amide bonds. The van der Waals surface area contributed by atoms with Gasteiger partial charge in [0.2, 0.25) is 5.91 Å². The number of esters is 1. The van der Waals surface area contributed by atoms with Gasteiger partial charge in [0.25, 0.3) is 0 Å². The van der Waals surface area contributed by atoms with Crippen molar-refractivity contribution in [1.82, 2.24) is 5.32 Å². The lowest BCUT2D eigenvalue weighted by Crippen LogP contribution is -2.45. The topological polar surface area (TPSA) is 95.9 Å². The third kappa shape index (κ3) is 41.8. The van der Waals surface area contributed by atoms with E-state index in [1.807, 2.05) is 6.08 Å². The smallest absolute Gasteiger partial charge is 0.305 e. The number of ether oxygens (including phenoxy) is 1. The molecule has 3 N–H and O–H groups in total. The van der Waals surface area contributed by atoms with Crippen LogP contribution < -0.4 is 5.32 Å². The Bertz CT molecular complexity index is 858. The number of rotatable bonds is 44. The summed E-state index contributed by atoms with van der Waals surface area (Å²) in [5.74, 6) is -0.118. The van der Waals surface area contributed by atoms with Crippen LogP contribution in [-0.2, 0) is 14.3 Å². The van der Waals surface area contributed by atoms with Crippen molar-refractivity contribution in [2.24, 2.45) is 0 Å². The summed E-state index contributed by atoms with van der Waals surface area (Å²) in [6, 6.07) is -0.643. The zero-order chi connectivity index (χ0) is 40.1. The van der Waals surface area contributed by atoms with Gasteiger partial charge in [0, 0.05) is 12.8 Å². The number of carbonyl (C=O) groups is 2. The highest BCUT2D eigenvalue weighted by atomic mass is 16.5. The molecule has 0 heterocycles. The maximum Gasteiger partial charge on any atom is 0.305 e. The second-order valence-corrected chi connectivity index (χ2v) is 16.4. The number of carbonyl (C=O) groups excluding carboxylic acids is 2. The number of aliphatic hydroxyl groups excluding tert-OH is 2. The average molecular weight is 776 g/mol. The molecule has 0 saturated heterocycles. The molecule has 0 aliphatic carbocycles. The van der Waals surface area contributed by atoms with Crippen LogP contribution in [0.2, 0.25) is 0 Å². The van der Waals surface area contributed by atoms with Gasteiger partial charge in [-0.2, -0.15) is 0 Å². The van der Waals surface area contributed by atoms with Gasteiger partial charge in [-0.15, -0.1) is 0 Å². The molecule has 0 aromatic carbocycles. The zero-order valence-corrected chi connectivity index (χ0v) is 36.7. The van der Waals surface area contributed by atoms with E-state index in [0.717, 1.165) is 83.5 Å². The highest BCUT2D eigenvalue weighted by Crippen LogP contribution is 2.15. The molecule has 0 radical (unpaired) electrons. The molecule has 0 rings (SSSR count). The summed E-state index contributed by atoms with van der Waals surface area (Å²) in [4.78, 5) is 24.4. The molecule has 324 valence electrons. The van der Waals surface area contributed by atoms with Crippen LogP contribution in [0.4, 0.5) is 0 Å². The third-order valence-corrected chi connectivity index (χ3v) is 11.0. The van der Waals surface area contributed by atoms with E-state index in [2.05, 4.69) is 31.3 Å². The quantitative estimate of drug-likeness (QED) is 0.0325. The maximum absolute atomic E-state index is 12.3. The van der Waals surface area contributed by atoms with Crippen molar-refractivity contribution in [3.8, 4) is 0 Å². The Morgan fingerprint density at radius 2 is 0.855 bits per heavy atom. The molecule has 0 bridgehead atoms. The summed E-state index contributed by atoms with van der Waals surface area (Å²) < 4.78 is 5.45. The summed E-state index contributed by atoms with van der Waals surface area (Å²) >= 11 is 0. The van der Waals surface area contributed by atoms with Crippen molar-refractivity contribution in [2.45, 2.75) is 264 Å². The first kappa shape index (κ1) is 53.3. The molecule has 6 heteroatoms. The monoisotopic (exact) mass is 776 g/mol. The minimum Gasteiger partial charge on any atom is -0.466 e. The predicted molar refractivity (Wildman–Crippen MR) is 236 cm³/mol. The first-order valence-corrected chi connectivity index (χ1v) is 24.1. The molecule has 6 nitrogen and oxygen atoms in total. The fourth-order valence-electron chi connectivity index (χ4n) is 7.21. The standard InChI is InChI=1S/C49H93NO5/c1-3-5-7-9-11-13-14-15-16-17-18-19-23-27-31-35-39-43-49(54)55-44-40-36-32-28-24-21-20-22-26-30-34-38-42-48(53)50-46(45-51)47(52)41-37-33-29-25-12-10-8-6-4-2/h21,24,37,41,46-47,51-52H,3-20,22-23,25-36,38-40,42-45H2,1-2H3,(H,50,53)/b24-21-,41-37+. The van der Waals surface area contributed by atoms with E-state index in [9.17, 15) is 19.8 Å². The first-order chi connectivity index (χ1) is 27.0. The Morgan fingerprint density at radius 1 is 0.491 bits per heavy atom. The van der Waals surface area contributed by atoms with Gasteiger partial charge in [0.1, 0.15) is 0 Å². The van der Waals surface area contributed by atoms with E-state index in [1.54, 1.807) is 6.08 Å². The van der Waals surface area contributed by atoms with Crippen LogP contribution in [0.15, 0.2) is 24.3 Å².